The minimum atomic E-state index is -0.463. The Morgan fingerprint density at radius 1 is 1.75 bits per heavy atom. The van der Waals surface area contributed by atoms with E-state index in [-0.39, 0.29) is 12.4 Å². The smallest absolute Gasteiger partial charge is 0.341 e. The Labute approximate surface area is 69.8 Å². The molecular weight excluding hydrogens is 160 g/mol. The molecule has 0 saturated carbocycles. The van der Waals surface area contributed by atoms with Gasteiger partial charge in [0, 0.05) is 0 Å². The zero-order valence-corrected chi connectivity index (χ0v) is 6.74. The molecule has 0 atom stereocenters. The fourth-order valence-electron chi connectivity index (χ4n) is 0.854. The summed E-state index contributed by atoms with van der Waals surface area (Å²) < 4.78 is 9.55. The van der Waals surface area contributed by atoms with Crippen LogP contribution in [0.1, 0.15) is 23.0 Å². The van der Waals surface area contributed by atoms with Crippen molar-refractivity contribution in [3.63, 3.8) is 0 Å². The Morgan fingerprint density at radius 3 is 3.08 bits per heavy atom. The van der Waals surface area contributed by atoms with Gasteiger partial charge in [0.2, 0.25) is 0 Å². The zero-order valence-electron chi connectivity index (χ0n) is 6.74. The Kier molecular flexibility index (Phi) is 2.88. The predicted molar refractivity (Wildman–Crippen MR) is 40.6 cm³/mol. The van der Waals surface area contributed by atoms with E-state index in [4.69, 9.17) is 14.3 Å². The molecule has 0 aliphatic carbocycles. The number of hydrogen-bond donors (Lipinski definition) is 1. The summed E-state index contributed by atoms with van der Waals surface area (Å²) in [6.07, 6.45) is 1.35. The van der Waals surface area contributed by atoms with Gasteiger partial charge in [0.15, 0.2) is 0 Å². The highest BCUT2D eigenvalue weighted by Crippen LogP contribution is 2.11. The number of aliphatic hydroxyl groups is 1. The van der Waals surface area contributed by atoms with Gasteiger partial charge in [-0.3, -0.25) is 0 Å². The number of esters is 1. The van der Waals surface area contributed by atoms with Crippen molar-refractivity contribution in [1.29, 1.82) is 0 Å². The van der Waals surface area contributed by atoms with Gasteiger partial charge >= 0.3 is 5.97 Å². The summed E-state index contributed by atoms with van der Waals surface area (Å²) in [5, 5.41) is 8.72. The minimum absolute atomic E-state index is 0.244. The normalized spacial score (nSPS) is 9.83. The molecule has 1 N–H and O–H groups in total. The first-order valence-electron chi connectivity index (χ1n) is 3.64. The van der Waals surface area contributed by atoms with Crippen molar-refractivity contribution in [1.82, 2.24) is 0 Å². The van der Waals surface area contributed by atoms with Crippen LogP contribution < -0.4 is 0 Å². The third-order valence-corrected chi connectivity index (χ3v) is 1.38. The van der Waals surface area contributed by atoms with Gasteiger partial charge in [-0.25, -0.2) is 4.79 Å². The average Bonchev–Trinajstić information content (AvgIpc) is 2.51. The molecule has 0 fully saturated rings. The highest BCUT2D eigenvalue weighted by molar-refractivity contribution is 5.90. The van der Waals surface area contributed by atoms with Crippen LogP contribution in [0.5, 0.6) is 0 Å². The van der Waals surface area contributed by atoms with E-state index in [1.54, 1.807) is 6.92 Å². The fraction of sp³-hybridized carbons (Fsp3) is 0.375. The van der Waals surface area contributed by atoms with Gasteiger partial charge in [0.1, 0.15) is 17.9 Å². The minimum Gasteiger partial charge on any atom is -0.466 e. The fourth-order valence-corrected chi connectivity index (χ4v) is 0.854. The lowest BCUT2D eigenvalue weighted by Gasteiger charge is -1.99. The van der Waals surface area contributed by atoms with E-state index in [0.717, 1.165) is 0 Å². The summed E-state index contributed by atoms with van der Waals surface area (Å²) in [4.78, 5) is 11.1. The van der Waals surface area contributed by atoms with Crippen molar-refractivity contribution in [3.05, 3.63) is 23.7 Å². The molecule has 4 nitrogen and oxygen atoms in total. The molecule has 0 unspecified atom stereocenters. The van der Waals surface area contributed by atoms with Gasteiger partial charge in [-0.2, -0.15) is 0 Å². The predicted octanol–water partition coefficient (Wildman–Crippen LogP) is 0.949. The van der Waals surface area contributed by atoms with Crippen LogP contribution in [0.3, 0.4) is 0 Å². The van der Waals surface area contributed by atoms with E-state index in [9.17, 15) is 4.79 Å². The van der Waals surface area contributed by atoms with E-state index >= 15 is 0 Å². The van der Waals surface area contributed by atoms with Crippen LogP contribution in [-0.2, 0) is 11.3 Å². The maximum Gasteiger partial charge on any atom is 0.341 e. The second-order valence-corrected chi connectivity index (χ2v) is 2.14. The number of carbonyl (C=O) groups excluding carboxylic acids is 1. The topological polar surface area (TPSA) is 59.7 Å². The summed E-state index contributed by atoms with van der Waals surface area (Å²) in [6.45, 7) is 1.74. The molecule has 0 bridgehead atoms. The molecule has 0 amide bonds. The number of carbonyl (C=O) groups is 1. The molecule has 12 heavy (non-hydrogen) atoms. The zero-order chi connectivity index (χ0) is 8.97. The Bertz CT molecular complexity index is 264. The maximum atomic E-state index is 11.1. The second kappa shape index (κ2) is 3.92. The summed E-state index contributed by atoms with van der Waals surface area (Å²) in [5.74, 6) is -0.219. The van der Waals surface area contributed by atoms with Crippen LogP contribution in [0.15, 0.2) is 16.7 Å². The molecule has 1 rings (SSSR count). The van der Waals surface area contributed by atoms with Crippen molar-refractivity contribution in [2.45, 2.75) is 13.5 Å². The van der Waals surface area contributed by atoms with Crippen LogP contribution in [0.4, 0.5) is 0 Å². The molecule has 0 saturated heterocycles. The van der Waals surface area contributed by atoms with E-state index in [1.807, 2.05) is 0 Å². The Hall–Kier alpha value is -1.29. The summed E-state index contributed by atoms with van der Waals surface area (Å²) >= 11 is 0. The van der Waals surface area contributed by atoms with Crippen molar-refractivity contribution >= 4 is 5.97 Å². The van der Waals surface area contributed by atoms with Gasteiger partial charge in [-0.1, -0.05) is 0 Å². The van der Waals surface area contributed by atoms with Crippen LogP contribution in [-0.4, -0.2) is 17.7 Å². The third kappa shape index (κ3) is 1.65. The largest absolute Gasteiger partial charge is 0.466 e. The van der Waals surface area contributed by atoms with Crippen LogP contribution in [0.25, 0.3) is 0 Å². The summed E-state index contributed by atoms with van der Waals surface area (Å²) in [6, 6.07) is 1.48. The molecular formula is C8H10O4. The maximum absolute atomic E-state index is 11.1. The van der Waals surface area contributed by atoms with Crippen molar-refractivity contribution in [3.8, 4) is 0 Å². The number of hydrogen-bond acceptors (Lipinski definition) is 4. The molecule has 0 radical (unpaired) electrons. The van der Waals surface area contributed by atoms with Crippen molar-refractivity contribution in [2.24, 2.45) is 0 Å². The first-order valence-corrected chi connectivity index (χ1v) is 3.64. The van der Waals surface area contributed by atoms with E-state index in [1.165, 1.54) is 12.3 Å². The summed E-state index contributed by atoms with van der Waals surface area (Å²) in [5.41, 5.74) is 0.291. The van der Waals surface area contributed by atoms with Crippen molar-refractivity contribution in [2.75, 3.05) is 6.61 Å². The SMILES string of the molecule is CCOC(=O)c1ccoc1CO. The highest BCUT2D eigenvalue weighted by atomic mass is 16.5. The van der Waals surface area contributed by atoms with Gasteiger partial charge in [-0.15, -0.1) is 0 Å². The molecule has 66 valence electrons. The monoisotopic (exact) mass is 170 g/mol. The second-order valence-electron chi connectivity index (χ2n) is 2.14. The van der Waals surface area contributed by atoms with Gasteiger partial charge in [0.25, 0.3) is 0 Å². The Morgan fingerprint density at radius 2 is 2.50 bits per heavy atom. The van der Waals surface area contributed by atoms with E-state index in [0.29, 0.717) is 12.2 Å². The summed E-state index contributed by atoms with van der Waals surface area (Å²) in [7, 11) is 0. The number of aliphatic hydroxyl groups excluding tert-OH is 1. The molecule has 0 spiro atoms. The third-order valence-electron chi connectivity index (χ3n) is 1.38. The molecule has 1 aromatic heterocycles. The number of furan rings is 1. The highest BCUT2D eigenvalue weighted by Gasteiger charge is 2.13. The van der Waals surface area contributed by atoms with Crippen molar-refractivity contribution < 1.29 is 19.1 Å². The van der Waals surface area contributed by atoms with Gasteiger partial charge < -0.3 is 14.3 Å². The van der Waals surface area contributed by atoms with Crippen LogP contribution in [0, 0.1) is 0 Å². The van der Waals surface area contributed by atoms with Crippen LogP contribution in [0.2, 0.25) is 0 Å². The first kappa shape index (κ1) is 8.80. The molecule has 4 heteroatoms. The lowest BCUT2D eigenvalue weighted by atomic mass is 10.2. The lowest BCUT2D eigenvalue weighted by Crippen LogP contribution is -2.05. The molecule has 0 aliphatic heterocycles. The van der Waals surface area contributed by atoms with Gasteiger partial charge in [0.05, 0.1) is 12.9 Å². The number of ether oxygens (including phenoxy) is 1. The first-order chi connectivity index (χ1) is 5.79. The van der Waals surface area contributed by atoms with Crippen LogP contribution >= 0.6 is 0 Å². The lowest BCUT2D eigenvalue weighted by molar-refractivity contribution is 0.0520. The number of rotatable bonds is 3. The van der Waals surface area contributed by atoms with Gasteiger partial charge in [-0.05, 0) is 13.0 Å². The Balaban J connectivity index is 2.79. The standard InChI is InChI=1S/C8H10O4/c1-2-11-8(10)6-3-4-12-7(6)5-9/h3-4,9H,2,5H2,1H3. The molecule has 1 heterocycles. The van der Waals surface area contributed by atoms with E-state index < -0.39 is 5.97 Å². The quantitative estimate of drug-likeness (QED) is 0.686. The molecule has 1 aromatic rings. The molecule has 0 aliphatic rings. The molecule has 0 aromatic carbocycles. The van der Waals surface area contributed by atoms with E-state index in [2.05, 4.69) is 0 Å². The average molecular weight is 170 g/mol.